The highest BCUT2D eigenvalue weighted by atomic mass is 16.5. The third kappa shape index (κ3) is 5.64. The smallest absolute Gasteiger partial charge is 0.269 e. The number of hydrogen-bond donors (Lipinski definition) is 2. The minimum absolute atomic E-state index is 0.347. The lowest BCUT2D eigenvalue weighted by Crippen LogP contribution is -2.41. The Morgan fingerprint density at radius 2 is 1.60 bits per heavy atom. The summed E-state index contributed by atoms with van der Waals surface area (Å²) in [6, 6.07) is 14.0. The summed E-state index contributed by atoms with van der Waals surface area (Å²) in [6.45, 7) is 6.77. The van der Waals surface area contributed by atoms with E-state index in [0.29, 0.717) is 23.7 Å². The molecular formula is C20H24N2O3. The predicted octanol–water partition coefficient (Wildman–Crippen LogP) is 3.49. The molecule has 2 N–H and O–H groups in total. The molecule has 132 valence electrons. The standard InChI is InChI=1S/C20H24N2O3/c1-14(2)12-13-25-17-10-8-16(9-11-17)19(23)21-22-20(24)18-7-5-4-6-15(18)3/h4-11,14H,12-13H2,1-3H3,(H,21,23)(H,22,24). The van der Waals surface area contributed by atoms with Gasteiger partial charge in [-0.25, -0.2) is 0 Å². The number of hydrazine groups is 1. The molecule has 2 rings (SSSR count). The van der Waals surface area contributed by atoms with Crippen LogP contribution in [0.15, 0.2) is 48.5 Å². The van der Waals surface area contributed by atoms with Gasteiger partial charge in [-0.2, -0.15) is 0 Å². The second-order valence-electron chi connectivity index (χ2n) is 6.28. The Labute approximate surface area is 148 Å². The summed E-state index contributed by atoms with van der Waals surface area (Å²) in [5.41, 5.74) is 6.67. The van der Waals surface area contributed by atoms with E-state index in [1.54, 1.807) is 36.4 Å². The van der Waals surface area contributed by atoms with Crippen molar-refractivity contribution in [1.82, 2.24) is 10.9 Å². The van der Waals surface area contributed by atoms with Crippen molar-refractivity contribution in [3.05, 3.63) is 65.2 Å². The number of rotatable bonds is 6. The second kappa shape index (κ2) is 8.87. The van der Waals surface area contributed by atoms with Crippen LogP contribution in [-0.4, -0.2) is 18.4 Å². The predicted molar refractivity (Wildman–Crippen MR) is 97.5 cm³/mol. The number of carbonyl (C=O) groups is 2. The quantitative estimate of drug-likeness (QED) is 0.791. The molecule has 0 bridgehead atoms. The average molecular weight is 340 g/mol. The van der Waals surface area contributed by atoms with Crippen LogP contribution in [0.2, 0.25) is 0 Å². The Morgan fingerprint density at radius 1 is 0.960 bits per heavy atom. The van der Waals surface area contributed by atoms with Gasteiger partial charge in [0.15, 0.2) is 0 Å². The lowest BCUT2D eigenvalue weighted by atomic mass is 10.1. The van der Waals surface area contributed by atoms with Gasteiger partial charge in [-0.3, -0.25) is 20.4 Å². The average Bonchev–Trinajstić information content (AvgIpc) is 2.60. The fraction of sp³-hybridized carbons (Fsp3) is 0.300. The zero-order valence-electron chi connectivity index (χ0n) is 14.8. The Morgan fingerprint density at radius 3 is 2.24 bits per heavy atom. The third-order valence-corrected chi connectivity index (χ3v) is 3.76. The molecule has 25 heavy (non-hydrogen) atoms. The normalized spacial score (nSPS) is 10.4. The lowest BCUT2D eigenvalue weighted by Gasteiger charge is -2.10. The van der Waals surface area contributed by atoms with Gasteiger partial charge in [0.25, 0.3) is 11.8 Å². The molecule has 0 aliphatic carbocycles. The van der Waals surface area contributed by atoms with Gasteiger partial charge in [-0.15, -0.1) is 0 Å². The van der Waals surface area contributed by atoms with Gasteiger partial charge in [0.05, 0.1) is 6.61 Å². The van der Waals surface area contributed by atoms with Gasteiger partial charge in [-0.1, -0.05) is 32.0 Å². The maximum atomic E-state index is 12.1. The molecular weight excluding hydrogens is 316 g/mol. The number of ether oxygens (including phenoxy) is 1. The maximum Gasteiger partial charge on any atom is 0.269 e. The van der Waals surface area contributed by atoms with E-state index >= 15 is 0 Å². The van der Waals surface area contributed by atoms with E-state index in [-0.39, 0.29) is 11.8 Å². The molecule has 2 amide bonds. The van der Waals surface area contributed by atoms with Crippen LogP contribution in [-0.2, 0) is 0 Å². The van der Waals surface area contributed by atoms with Crippen molar-refractivity contribution in [2.24, 2.45) is 5.92 Å². The SMILES string of the molecule is Cc1ccccc1C(=O)NNC(=O)c1ccc(OCCC(C)C)cc1. The van der Waals surface area contributed by atoms with E-state index in [1.807, 2.05) is 19.1 Å². The molecule has 0 aliphatic rings. The maximum absolute atomic E-state index is 12.1. The zero-order valence-corrected chi connectivity index (χ0v) is 14.8. The zero-order chi connectivity index (χ0) is 18.2. The molecule has 0 aliphatic heterocycles. The molecule has 5 nitrogen and oxygen atoms in total. The number of amides is 2. The Kier molecular flexibility index (Phi) is 6.57. The van der Waals surface area contributed by atoms with Gasteiger partial charge in [0.2, 0.25) is 0 Å². The first-order chi connectivity index (χ1) is 12.0. The number of nitrogens with one attached hydrogen (secondary N) is 2. The van der Waals surface area contributed by atoms with E-state index in [0.717, 1.165) is 17.7 Å². The van der Waals surface area contributed by atoms with Crippen molar-refractivity contribution in [3.63, 3.8) is 0 Å². The van der Waals surface area contributed by atoms with Crippen molar-refractivity contribution in [2.75, 3.05) is 6.61 Å². The van der Waals surface area contributed by atoms with Gasteiger partial charge >= 0.3 is 0 Å². The van der Waals surface area contributed by atoms with Crippen molar-refractivity contribution >= 4 is 11.8 Å². The molecule has 5 heteroatoms. The van der Waals surface area contributed by atoms with Crippen LogP contribution in [0.1, 0.15) is 46.5 Å². The molecule has 2 aromatic carbocycles. The van der Waals surface area contributed by atoms with Gasteiger partial charge < -0.3 is 4.74 Å². The summed E-state index contributed by atoms with van der Waals surface area (Å²) >= 11 is 0. The first-order valence-corrected chi connectivity index (χ1v) is 8.36. The van der Waals surface area contributed by atoms with Crippen molar-refractivity contribution in [1.29, 1.82) is 0 Å². The van der Waals surface area contributed by atoms with Crippen LogP contribution in [0.3, 0.4) is 0 Å². The van der Waals surface area contributed by atoms with Crippen LogP contribution in [0.5, 0.6) is 5.75 Å². The molecule has 2 aromatic rings. The van der Waals surface area contributed by atoms with Gasteiger partial charge in [0.1, 0.15) is 5.75 Å². The monoisotopic (exact) mass is 340 g/mol. The molecule has 0 fully saturated rings. The number of carbonyl (C=O) groups excluding carboxylic acids is 2. The largest absolute Gasteiger partial charge is 0.494 e. The fourth-order valence-electron chi connectivity index (χ4n) is 2.20. The van der Waals surface area contributed by atoms with E-state index in [1.165, 1.54) is 0 Å². The highest BCUT2D eigenvalue weighted by Crippen LogP contribution is 2.13. The van der Waals surface area contributed by atoms with Crippen LogP contribution < -0.4 is 15.6 Å². The van der Waals surface area contributed by atoms with Crippen molar-refractivity contribution in [2.45, 2.75) is 27.2 Å². The number of benzene rings is 2. The molecule has 0 radical (unpaired) electrons. The molecule has 0 spiro atoms. The Balaban J connectivity index is 1.86. The topological polar surface area (TPSA) is 67.4 Å². The van der Waals surface area contributed by atoms with E-state index in [4.69, 9.17) is 4.74 Å². The van der Waals surface area contributed by atoms with Gasteiger partial charge in [0, 0.05) is 11.1 Å². The Hall–Kier alpha value is -2.82. The number of aryl methyl sites for hydroxylation is 1. The van der Waals surface area contributed by atoms with Crippen molar-refractivity contribution in [3.8, 4) is 5.75 Å². The van der Waals surface area contributed by atoms with Crippen LogP contribution in [0, 0.1) is 12.8 Å². The summed E-state index contributed by atoms with van der Waals surface area (Å²) in [6.07, 6.45) is 0.979. The van der Waals surface area contributed by atoms with E-state index in [2.05, 4.69) is 24.7 Å². The minimum Gasteiger partial charge on any atom is -0.494 e. The summed E-state index contributed by atoms with van der Waals surface area (Å²) in [5, 5.41) is 0. The molecule has 0 saturated carbocycles. The molecule has 0 saturated heterocycles. The first kappa shape index (κ1) is 18.5. The summed E-state index contributed by atoms with van der Waals surface area (Å²) in [4.78, 5) is 24.2. The minimum atomic E-state index is -0.379. The second-order valence-corrected chi connectivity index (χ2v) is 6.28. The van der Waals surface area contributed by atoms with Crippen LogP contribution in [0.4, 0.5) is 0 Å². The molecule has 0 atom stereocenters. The number of hydrogen-bond acceptors (Lipinski definition) is 3. The van der Waals surface area contributed by atoms with Gasteiger partial charge in [-0.05, 0) is 55.2 Å². The highest BCUT2D eigenvalue weighted by Gasteiger charge is 2.10. The molecule has 0 heterocycles. The third-order valence-electron chi connectivity index (χ3n) is 3.76. The van der Waals surface area contributed by atoms with E-state index in [9.17, 15) is 9.59 Å². The lowest BCUT2D eigenvalue weighted by molar-refractivity contribution is 0.0846. The highest BCUT2D eigenvalue weighted by molar-refractivity contribution is 5.99. The van der Waals surface area contributed by atoms with Crippen molar-refractivity contribution < 1.29 is 14.3 Å². The summed E-state index contributed by atoms with van der Waals surface area (Å²) in [7, 11) is 0. The van der Waals surface area contributed by atoms with Crippen LogP contribution in [0.25, 0.3) is 0 Å². The molecule has 0 unspecified atom stereocenters. The van der Waals surface area contributed by atoms with E-state index < -0.39 is 0 Å². The van der Waals surface area contributed by atoms with Crippen LogP contribution >= 0.6 is 0 Å². The summed E-state index contributed by atoms with van der Waals surface area (Å²) in [5.74, 6) is 0.582. The Bertz CT molecular complexity index is 724. The summed E-state index contributed by atoms with van der Waals surface area (Å²) < 4.78 is 5.62. The first-order valence-electron chi connectivity index (χ1n) is 8.36. The fourth-order valence-corrected chi connectivity index (χ4v) is 2.20. The molecule has 0 aromatic heterocycles.